The second-order valence-corrected chi connectivity index (χ2v) is 6.70. The van der Waals surface area contributed by atoms with Crippen molar-refractivity contribution in [2.75, 3.05) is 55.0 Å². The Morgan fingerprint density at radius 2 is 1.85 bits per heavy atom. The highest BCUT2D eigenvalue weighted by Gasteiger charge is 2.11. The minimum absolute atomic E-state index is 0.249. The smallest absolute Gasteiger partial charge is 0.224 e. The van der Waals surface area contributed by atoms with Crippen molar-refractivity contribution in [3.8, 4) is 0 Å². The van der Waals surface area contributed by atoms with Crippen LogP contribution in [0.5, 0.6) is 0 Å². The lowest BCUT2D eigenvalue weighted by Gasteiger charge is -2.28. The molecule has 0 saturated carbocycles. The molecule has 7 nitrogen and oxygen atoms in total. The number of aryl methyl sites for hydroxylation is 1. The fourth-order valence-electron chi connectivity index (χ4n) is 3.05. The van der Waals surface area contributed by atoms with E-state index < -0.39 is 0 Å². The first kappa shape index (κ1) is 19.4. The van der Waals surface area contributed by atoms with Crippen LogP contribution in [0.4, 0.5) is 23.1 Å². The van der Waals surface area contributed by atoms with E-state index in [1.54, 1.807) is 0 Å². The Balaban J connectivity index is 1.57. The summed E-state index contributed by atoms with van der Waals surface area (Å²) in [5.41, 5.74) is 3.13. The number of anilines is 4. The Labute approximate surface area is 160 Å². The lowest BCUT2D eigenvalue weighted by molar-refractivity contribution is 0.122. The van der Waals surface area contributed by atoms with Crippen LogP contribution in [0.2, 0.25) is 0 Å². The number of benzene rings is 1. The second-order valence-electron chi connectivity index (χ2n) is 6.70. The summed E-state index contributed by atoms with van der Waals surface area (Å²) in [6.45, 7) is 6.46. The molecule has 27 heavy (non-hydrogen) atoms. The topological polar surface area (TPSA) is 82.5 Å². The molecular formula is C20H29N5O2. The third-order valence-electron chi connectivity index (χ3n) is 4.49. The largest absolute Gasteiger partial charge is 0.396 e. The highest BCUT2D eigenvalue weighted by molar-refractivity contribution is 5.61. The second kappa shape index (κ2) is 10.1. The van der Waals surface area contributed by atoms with Gasteiger partial charge in [-0.1, -0.05) is 0 Å². The summed E-state index contributed by atoms with van der Waals surface area (Å²) in [4.78, 5) is 11.3. The zero-order valence-corrected chi connectivity index (χ0v) is 15.9. The highest BCUT2D eigenvalue weighted by Crippen LogP contribution is 2.22. The van der Waals surface area contributed by atoms with E-state index in [0.29, 0.717) is 5.95 Å². The Hall–Kier alpha value is -2.38. The molecule has 146 valence electrons. The molecule has 0 atom stereocenters. The summed E-state index contributed by atoms with van der Waals surface area (Å²) in [5.74, 6) is 1.41. The van der Waals surface area contributed by atoms with Gasteiger partial charge in [0.15, 0.2) is 0 Å². The molecule has 3 N–H and O–H groups in total. The lowest BCUT2D eigenvalue weighted by atomic mass is 10.2. The molecule has 1 aliphatic rings. The first-order chi connectivity index (χ1) is 13.2. The predicted octanol–water partition coefficient (Wildman–Crippen LogP) is 2.94. The number of ether oxygens (including phenoxy) is 1. The summed E-state index contributed by atoms with van der Waals surface area (Å²) in [7, 11) is 0. The van der Waals surface area contributed by atoms with Crippen molar-refractivity contribution >= 4 is 23.1 Å². The number of hydrogen-bond acceptors (Lipinski definition) is 7. The fraction of sp³-hybridized carbons (Fsp3) is 0.500. The molecule has 1 saturated heterocycles. The van der Waals surface area contributed by atoms with E-state index >= 15 is 0 Å². The summed E-state index contributed by atoms with van der Waals surface area (Å²) in [5, 5.41) is 15.4. The maximum absolute atomic E-state index is 8.83. The van der Waals surface area contributed by atoms with Crippen LogP contribution in [-0.4, -0.2) is 54.5 Å². The van der Waals surface area contributed by atoms with E-state index in [1.165, 1.54) is 5.69 Å². The average Bonchev–Trinajstić information content (AvgIpc) is 2.69. The average molecular weight is 371 g/mol. The van der Waals surface area contributed by atoms with E-state index in [4.69, 9.17) is 9.84 Å². The molecule has 2 aromatic rings. The van der Waals surface area contributed by atoms with Gasteiger partial charge in [-0.3, -0.25) is 0 Å². The van der Waals surface area contributed by atoms with Gasteiger partial charge in [0.05, 0.1) is 13.2 Å². The summed E-state index contributed by atoms with van der Waals surface area (Å²) < 4.78 is 5.41. The van der Waals surface area contributed by atoms with Crippen LogP contribution in [0, 0.1) is 6.92 Å². The number of aliphatic hydroxyl groups excluding tert-OH is 1. The van der Waals surface area contributed by atoms with E-state index in [1.807, 2.05) is 13.0 Å². The minimum atomic E-state index is 0.249. The molecule has 0 bridgehead atoms. The first-order valence-electron chi connectivity index (χ1n) is 9.65. The number of morpholine rings is 1. The van der Waals surface area contributed by atoms with Crippen molar-refractivity contribution in [1.82, 2.24) is 9.97 Å². The third kappa shape index (κ3) is 6.08. The number of nitrogens with zero attached hydrogens (tertiary/aromatic N) is 3. The van der Waals surface area contributed by atoms with Gasteiger partial charge in [-0.25, -0.2) is 4.98 Å². The van der Waals surface area contributed by atoms with Gasteiger partial charge in [0.25, 0.3) is 0 Å². The molecule has 0 aliphatic carbocycles. The Morgan fingerprint density at radius 1 is 1.07 bits per heavy atom. The van der Waals surface area contributed by atoms with Gasteiger partial charge in [-0.15, -0.1) is 0 Å². The molecule has 1 aliphatic heterocycles. The Kier molecular flexibility index (Phi) is 7.24. The van der Waals surface area contributed by atoms with Crippen LogP contribution in [0.15, 0.2) is 30.3 Å². The molecule has 0 radical (unpaired) electrons. The van der Waals surface area contributed by atoms with Gasteiger partial charge in [-0.05, 0) is 50.5 Å². The van der Waals surface area contributed by atoms with Gasteiger partial charge in [0, 0.05) is 49.4 Å². The Morgan fingerprint density at radius 3 is 2.59 bits per heavy atom. The van der Waals surface area contributed by atoms with Crippen LogP contribution in [0.25, 0.3) is 0 Å². The van der Waals surface area contributed by atoms with Gasteiger partial charge < -0.3 is 25.4 Å². The van der Waals surface area contributed by atoms with Gasteiger partial charge in [0.1, 0.15) is 5.82 Å². The van der Waals surface area contributed by atoms with Crippen molar-refractivity contribution in [2.24, 2.45) is 0 Å². The molecule has 0 spiro atoms. The molecule has 1 fully saturated rings. The standard InChI is InChI=1S/C20H29N5O2/c1-16-15-19(24-20(22-16)21-9-3-2-4-12-26)23-17-5-7-18(8-6-17)25-10-13-27-14-11-25/h5-8,15,26H,2-4,9-14H2,1H3,(H2,21,22,23,24). The van der Waals surface area contributed by atoms with E-state index in [2.05, 4.69) is 49.8 Å². The minimum Gasteiger partial charge on any atom is -0.396 e. The summed E-state index contributed by atoms with van der Waals surface area (Å²) >= 11 is 0. The zero-order chi connectivity index (χ0) is 18.9. The number of nitrogens with one attached hydrogen (secondary N) is 2. The third-order valence-corrected chi connectivity index (χ3v) is 4.49. The maximum atomic E-state index is 8.83. The predicted molar refractivity (Wildman–Crippen MR) is 109 cm³/mol. The van der Waals surface area contributed by atoms with Crippen molar-refractivity contribution < 1.29 is 9.84 Å². The molecule has 0 unspecified atom stereocenters. The maximum Gasteiger partial charge on any atom is 0.224 e. The number of aliphatic hydroxyl groups is 1. The first-order valence-corrected chi connectivity index (χ1v) is 9.65. The van der Waals surface area contributed by atoms with E-state index in [0.717, 1.165) is 69.3 Å². The van der Waals surface area contributed by atoms with Crippen LogP contribution >= 0.6 is 0 Å². The molecule has 7 heteroatoms. The van der Waals surface area contributed by atoms with Crippen molar-refractivity contribution in [2.45, 2.75) is 26.2 Å². The number of aromatic nitrogens is 2. The number of hydrogen-bond donors (Lipinski definition) is 3. The lowest BCUT2D eigenvalue weighted by Crippen LogP contribution is -2.36. The van der Waals surface area contributed by atoms with Crippen LogP contribution < -0.4 is 15.5 Å². The fourth-order valence-corrected chi connectivity index (χ4v) is 3.05. The SMILES string of the molecule is Cc1cc(Nc2ccc(N3CCOCC3)cc2)nc(NCCCCCO)n1. The molecule has 1 aromatic carbocycles. The van der Waals surface area contributed by atoms with Crippen molar-refractivity contribution in [3.05, 3.63) is 36.0 Å². The van der Waals surface area contributed by atoms with Gasteiger partial charge in [-0.2, -0.15) is 4.98 Å². The Bertz CT molecular complexity index is 702. The molecule has 3 rings (SSSR count). The number of rotatable bonds is 9. The van der Waals surface area contributed by atoms with Crippen LogP contribution in [0.1, 0.15) is 25.0 Å². The van der Waals surface area contributed by atoms with Crippen LogP contribution in [-0.2, 0) is 4.74 Å². The van der Waals surface area contributed by atoms with Crippen molar-refractivity contribution in [1.29, 1.82) is 0 Å². The highest BCUT2D eigenvalue weighted by atomic mass is 16.5. The van der Waals surface area contributed by atoms with Crippen molar-refractivity contribution in [3.63, 3.8) is 0 Å². The van der Waals surface area contributed by atoms with E-state index in [9.17, 15) is 0 Å². The molecule has 1 aromatic heterocycles. The van der Waals surface area contributed by atoms with Gasteiger partial charge in [0.2, 0.25) is 5.95 Å². The van der Waals surface area contributed by atoms with E-state index in [-0.39, 0.29) is 6.61 Å². The quantitative estimate of drug-likeness (QED) is 0.585. The monoisotopic (exact) mass is 371 g/mol. The normalized spacial score (nSPS) is 14.2. The molecule has 0 amide bonds. The zero-order valence-electron chi connectivity index (χ0n) is 15.9. The molecule has 2 heterocycles. The summed E-state index contributed by atoms with van der Waals surface area (Å²) in [6.07, 6.45) is 2.82. The van der Waals surface area contributed by atoms with Crippen LogP contribution in [0.3, 0.4) is 0 Å². The number of unbranched alkanes of at least 4 members (excludes halogenated alkanes) is 2. The van der Waals surface area contributed by atoms with Gasteiger partial charge >= 0.3 is 0 Å². The molecular weight excluding hydrogens is 342 g/mol. The summed E-state index contributed by atoms with van der Waals surface area (Å²) in [6, 6.07) is 10.3.